The molecule has 0 aliphatic carbocycles. The molecule has 19 heavy (non-hydrogen) atoms. The summed E-state index contributed by atoms with van der Waals surface area (Å²) in [4.78, 5) is 16.1. The van der Waals surface area contributed by atoms with Gasteiger partial charge in [-0.3, -0.25) is 9.78 Å². The smallest absolute Gasteiger partial charge is 0.270 e. The lowest BCUT2D eigenvalue weighted by Gasteiger charge is -2.22. The topological polar surface area (TPSA) is 63.2 Å². The van der Waals surface area contributed by atoms with Crippen LogP contribution in [0.25, 0.3) is 0 Å². The molecule has 1 heterocycles. The van der Waals surface area contributed by atoms with Gasteiger partial charge in [0.05, 0.1) is 5.60 Å². The van der Waals surface area contributed by atoms with E-state index in [4.69, 9.17) is 4.74 Å². The summed E-state index contributed by atoms with van der Waals surface area (Å²) >= 11 is 0. The van der Waals surface area contributed by atoms with Crippen molar-refractivity contribution in [3.05, 3.63) is 24.0 Å². The van der Waals surface area contributed by atoms with Crippen LogP contribution in [0, 0.1) is 0 Å². The van der Waals surface area contributed by atoms with Crippen LogP contribution in [0.15, 0.2) is 18.3 Å². The van der Waals surface area contributed by atoms with Crippen molar-refractivity contribution in [3.63, 3.8) is 0 Å². The lowest BCUT2D eigenvalue weighted by molar-refractivity contribution is 0.0228. The Morgan fingerprint density at radius 3 is 2.84 bits per heavy atom. The summed E-state index contributed by atoms with van der Waals surface area (Å²) in [5.41, 5.74) is 0.939. The number of hydrogen-bond acceptors (Lipinski definition) is 4. The average molecular weight is 265 g/mol. The Morgan fingerprint density at radius 2 is 2.21 bits per heavy atom. The molecule has 0 saturated carbocycles. The van der Waals surface area contributed by atoms with E-state index in [9.17, 15) is 4.79 Å². The molecule has 5 nitrogen and oxygen atoms in total. The molecular weight excluding hydrogens is 242 g/mol. The van der Waals surface area contributed by atoms with Crippen molar-refractivity contribution in [1.82, 2.24) is 10.3 Å². The van der Waals surface area contributed by atoms with Gasteiger partial charge in [0.25, 0.3) is 5.91 Å². The molecule has 0 radical (unpaired) electrons. The van der Waals surface area contributed by atoms with Gasteiger partial charge in [-0.1, -0.05) is 6.92 Å². The molecule has 0 unspecified atom stereocenters. The monoisotopic (exact) mass is 265 g/mol. The predicted molar refractivity (Wildman–Crippen MR) is 76.4 cm³/mol. The summed E-state index contributed by atoms with van der Waals surface area (Å²) in [6.45, 7) is 7.24. The fourth-order valence-corrected chi connectivity index (χ4v) is 1.39. The van der Waals surface area contributed by atoms with Gasteiger partial charge in [-0.05, 0) is 32.4 Å². The molecule has 0 spiro atoms. The number of rotatable bonds is 7. The van der Waals surface area contributed by atoms with E-state index in [1.165, 1.54) is 0 Å². The molecule has 1 rings (SSSR count). The summed E-state index contributed by atoms with van der Waals surface area (Å²) in [6, 6.07) is 3.61. The molecule has 106 valence electrons. The second-order valence-corrected chi connectivity index (χ2v) is 5.00. The van der Waals surface area contributed by atoms with Crippen molar-refractivity contribution in [2.45, 2.75) is 32.8 Å². The highest BCUT2D eigenvalue weighted by Gasteiger charge is 2.18. The highest BCUT2D eigenvalue weighted by Crippen LogP contribution is 2.09. The number of carbonyl (C=O) groups excluding carboxylic acids is 1. The fourth-order valence-electron chi connectivity index (χ4n) is 1.39. The van der Waals surface area contributed by atoms with Gasteiger partial charge in [0, 0.05) is 32.1 Å². The van der Waals surface area contributed by atoms with E-state index in [1.54, 1.807) is 19.4 Å². The van der Waals surface area contributed by atoms with Crippen LogP contribution in [0.3, 0.4) is 0 Å². The van der Waals surface area contributed by atoms with E-state index in [0.717, 1.165) is 18.7 Å². The first-order chi connectivity index (χ1) is 8.98. The summed E-state index contributed by atoms with van der Waals surface area (Å²) in [7, 11) is 1.62. The maximum absolute atomic E-state index is 12.0. The molecule has 5 heteroatoms. The lowest BCUT2D eigenvalue weighted by Crippen LogP contribution is -2.40. The number of amides is 1. The third-order valence-corrected chi connectivity index (χ3v) is 2.80. The number of nitrogens with zero attached hydrogens (tertiary/aromatic N) is 1. The molecule has 2 N–H and O–H groups in total. The van der Waals surface area contributed by atoms with E-state index in [0.29, 0.717) is 12.2 Å². The first-order valence-corrected chi connectivity index (χ1v) is 6.52. The largest absolute Gasteiger partial charge is 0.385 e. The Labute approximate surface area is 114 Å². The van der Waals surface area contributed by atoms with Gasteiger partial charge in [0.1, 0.15) is 5.69 Å². The van der Waals surface area contributed by atoms with E-state index in [-0.39, 0.29) is 11.5 Å². The van der Waals surface area contributed by atoms with E-state index in [2.05, 4.69) is 22.5 Å². The summed E-state index contributed by atoms with van der Waals surface area (Å²) in [5.74, 6) is -0.190. The molecule has 0 bridgehead atoms. The molecule has 0 aliphatic heterocycles. The SMILES string of the molecule is CCCNc1ccnc(C(=O)NCC(C)(C)OC)c1. The van der Waals surface area contributed by atoms with Crippen LogP contribution in [0.2, 0.25) is 0 Å². The second-order valence-electron chi connectivity index (χ2n) is 5.00. The molecule has 1 aromatic heterocycles. The van der Waals surface area contributed by atoms with Gasteiger partial charge in [-0.25, -0.2) is 0 Å². The zero-order chi connectivity index (χ0) is 14.3. The standard InChI is InChI=1S/C14H23N3O2/c1-5-7-15-11-6-8-16-12(9-11)13(18)17-10-14(2,3)19-4/h6,8-9H,5,7,10H2,1-4H3,(H,15,16)(H,17,18). The molecule has 0 saturated heterocycles. The summed E-state index contributed by atoms with van der Waals surface area (Å²) in [5, 5.41) is 6.05. The molecule has 0 aliphatic rings. The number of anilines is 1. The Hall–Kier alpha value is -1.62. The number of methoxy groups -OCH3 is 1. The van der Waals surface area contributed by atoms with Crippen molar-refractivity contribution < 1.29 is 9.53 Å². The van der Waals surface area contributed by atoms with Crippen molar-refractivity contribution in [1.29, 1.82) is 0 Å². The first-order valence-electron chi connectivity index (χ1n) is 6.52. The third-order valence-electron chi connectivity index (χ3n) is 2.80. The van der Waals surface area contributed by atoms with Crippen LogP contribution in [0.5, 0.6) is 0 Å². The molecule has 0 aromatic carbocycles. The molecule has 0 atom stereocenters. The first kappa shape index (κ1) is 15.4. The van der Waals surface area contributed by atoms with Gasteiger partial charge in [-0.2, -0.15) is 0 Å². The fraction of sp³-hybridized carbons (Fsp3) is 0.571. The molecule has 0 fully saturated rings. The van der Waals surface area contributed by atoms with Gasteiger partial charge in [0.2, 0.25) is 0 Å². The minimum Gasteiger partial charge on any atom is -0.385 e. The maximum Gasteiger partial charge on any atom is 0.270 e. The van der Waals surface area contributed by atoms with Gasteiger partial charge < -0.3 is 15.4 Å². The van der Waals surface area contributed by atoms with Crippen LogP contribution in [-0.2, 0) is 4.74 Å². The lowest BCUT2D eigenvalue weighted by atomic mass is 10.1. The van der Waals surface area contributed by atoms with Crippen LogP contribution in [0.1, 0.15) is 37.7 Å². The zero-order valence-corrected chi connectivity index (χ0v) is 12.1. The quantitative estimate of drug-likeness (QED) is 0.792. The zero-order valence-electron chi connectivity index (χ0n) is 12.1. The number of aromatic nitrogens is 1. The van der Waals surface area contributed by atoms with Crippen LogP contribution >= 0.6 is 0 Å². The van der Waals surface area contributed by atoms with Crippen LogP contribution < -0.4 is 10.6 Å². The second kappa shape index (κ2) is 7.09. The van der Waals surface area contributed by atoms with Crippen LogP contribution in [0.4, 0.5) is 5.69 Å². The highest BCUT2D eigenvalue weighted by atomic mass is 16.5. The predicted octanol–water partition coefficient (Wildman–Crippen LogP) is 2.06. The number of hydrogen-bond donors (Lipinski definition) is 2. The van der Waals surface area contributed by atoms with Gasteiger partial charge in [-0.15, -0.1) is 0 Å². The minimum atomic E-state index is -0.381. The van der Waals surface area contributed by atoms with E-state index < -0.39 is 0 Å². The van der Waals surface area contributed by atoms with E-state index >= 15 is 0 Å². The Balaban J connectivity index is 2.61. The average Bonchev–Trinajstić information content (AvgIpc) is 2.43. The Morgan fingerprint density at radius 1 is 1.47 bits per heavy atom. The summed E-state index contributed by atoms with van der Waals surface area (Å²) < 4.78 is 5.25. The summed E-state index contributed by atoms with van der Waals surface area (Å²) in [6.07, 6.45) is 2.67. The van der Waals surface area contributed by atoms with Gasteiger partial charge >= 0.3 is 0 Å². The number of carbonyl (C=O) groups is 1. The number of ether oxygens (including phenoxy) is 1. The van der Waals surface area contributed by atoms with Crippen molar-refractivity contribution in [2.75, 3.05) is 25.5 Å². The molecular formula is C14H23N3O2. The molecule has 1 aromatic rings. The van der Waals surface area contributed by atoms with Crippen molar-refractivity contribution >= 4 is 11.6 Å². The van der Waals surface area contributed by atoms with Gasteiger partial charge in [0.15, 0.2) is 0 Å². The number of nitrogens with one attached hydrogen (secondary N) is 2. The Kier molecular flexibility index (Phi) is 5.76. The van der Waals surface area contributed by atoms with Crippen molar-refractivity contribution in [2.24, 2.45) is 0 Å². The number of pyridine rings is 1. The normalized spacial score (nSPS) is 11.2. The molecule has 1 amide bonds. The van der Waals surface area contributed by atoms with E-state index in [1.807, 2.05) is 19.9 Å². The maximum atomic E-state index is 12.0. The Bertz CT molecular complexity index is 419. The highest BCUT2D eigenvalue weighted by molar-refractivity contribution is 5.93. The van der Waals surface area contributed by atoms with Crippen LogP contribution in [-0.4, -0.2) is 36.7 Å². The third kappa shape index (κ3) is 5.26. The van der Waals surface area contributed by atoms with Crippen molar-refractivity contribution in [3.8, 4) is 0 Å². The minimum absolute atomic E-state index is 0.190.